The lowest BCUT2D eigenvalue weighted by Gasteiger charge is -2.05. The number of hydrogen-bond acceptors (Lipinski definition) is 6. The second-order valence-electron chi connectivity index (χ2n) is 7.16. The van der Waals surface area contributed by atoms with E-state index in [4.69, 9.17) is 27.9 Å². The number of hydrazone groups is 1. The van der Waals surface area contributed by atoms with E-state index in [0.717, 1.165) is 10.1 Å². The van der Waals surface area contributed by atoms with Crippen molar-refractivity contribution in [2.24, 2.45) is 5.10 Å². The van der Waals surface area contributed by atoms with E-state index in [9.17, 15) is 14.4 Å². The molecule has 2 N–H and O–H groups in total. The van der Waals surface area contributed by atoms with Crippen LogP contribution in [0.1, 0.15) is 25.6 Å². The van der Waals surface area contributed by atoms with Gasteiger partial charge in [0.05, 0.1) is 28.4 Å². The van der Waals surface area contributed by atoms with E-state index >= 15 is 0 Å². The molecule has 4 rings (SSSR count). The maximum absolute atomic E-state index is 12.5. The van der Waals surface area contributed by atoms with Crippen molar-refractivity contribution < 1.29 is 19.1 Å². The van der Waals surface area contributed by atoms with E-state index in [-0.39, 0.29) is 12.1 Å². The molecule has 3 aromatic carbocycles. The normalized spacial score (nSPS) is 10.9. The highest BCUT2D eigenvalue weighted by atomic mass is 35.5. The first-order valence-corrected chi connectivity index (χ1v) is 11.8. The molecule has 0 aliphatic heterocycles. The molecule has 176 valence electrons. The Bertz CT molecular complexity index is 1430. The first kappa shape index (κ1) is 24.4. The number of halogens is 2. The number of nitrogens with one attached hydrogen (secondary N) is 2. The lowest BCUT2D eigenvalue weighted by atomic mass is 10.2. The number of fused-ring (bicyclic) bond motifs is 1. The number of amides is 2. The van der Waals surface area contributed by atoms with Gasteiger partial charge in [0.2, 0.25) is 0 Å². The molecule has 0 bridgehead atoms. The van der Waals surface area contributed by atoms with Gasteiger partial charge in [0.15, 0.2) is 0 Å². The topological polar surface area (TPSA) is 96.9 Å². The Labute approximate surface area is 214 Å². The minimum absolute atomic E-state index is 0.267. The summed E-state index contributed by atoms with van der Waals surface area (Å²) in [7, 11) is 0. The third kappa shape index (κ3) is 6.05. The number of ether oxygens (including phenoxy) is 1. The second-order valence-corrected chi connectivity index (χ2v) is 8.99. The summed E-state index contributed by atoms with van der Waals surface area (Å²) >= 11 is 13.6. The predicted molar refractivity (Wildman–Crippen MR) is 138 cm³/mol. The zero-order valence-electron chi connectivity index (χ0n) is 18.0. The Morgan fingerprint density at radius 1 is 0.943 bits per heavy atom. The van der Waals surface area contributed by atoms with Gasteiger partial charge in [-0.3, -0.25) is 9.59 Å². The highest BCUT2D eigenvalue weighted by Crippen LogP contribution is 2.35. The third-order valence-electron chi connectivity index (χ3n) is 4.74. The number of hydrogen-bond donors (Lipinski definition) is 2. The Morgan fingerprint density at radius 3 is 2.40 bits per heavy atom. The number of nitrogens with zero attached hydrogens (tertiary/aromatic N) is 1. The van der Waals surface area contributed by atoms with E-state index in [0.29, 0.717) is 26.2 Å². The number of rotatable bonds is 7. The molecule has 0 spiro atoms. The van der Waals surface area contributed by atoms with Gasteiger partial charge < -0.3 is 10.1 Å². The lowest BCUT2D eigenvalue weighted by Crippen LogP contribution is -2.35. The maximum Gasteiger partial charge on any atom is 0.355 e. The van der Waals surface area contributed by atoms with E-state index in [1.807, 2.05) is 24.3 Å². The van der Waals surface area contributed by atoms with E-state index in [2.05, 4.69) is 15.8 Å². The standard InChI is InChI=1S/C25H17Cl2N3O4S/c26-19-7-3-1-5-17(19)24(32)28-14-21(31)30-29-13-15-9-11-16(12-10-15)34-25(33)23-22(27)18-6-2-4-8-20(18)35-23/h1-13H,14H2,(H,28,32)(H,30,31)/b29-13+. The molecule has 0 fully saturated rings. The first-order chi connectivity index (χ1) is 16.9. The van der Waals surface area contributed by atoms with Gasteiger partial charge >= 0.3 is 5.97 Å². The van der Waals surface area contributed by atoms with Crippen LogP contribution in [0.2, 0.25) is 10.0 Å². The number of thiophene rings is 1. The van der Waals surface area contributed by atoms with Crippen molar-refractivity contribution in [3.05, 3.63) is 98.8 Å². The van der Waals surface area contributed by atoms with Gasteiger partial charge in [0.1, 0.15) is 10.6 Å². The van der Waals surface area contributed by atoms with Gasteiger partial charge in [-0.05, 0) is 48.0 Å². The summed E-state index contributed by atoms with van der Waals surface area (Å²) in [6, 6.07) is 20.6. The van der Waals surface area contributed by atoms with Crippen LogP contribution in [-0.4, -0.2) is 30.5 Å². The van der Waals surface area contributed by atoms with E-state index < -0.39 is 17.8 Å². The Hall–Kier alpha value is -3.72. The fourth-order valence-electron chi connectivity index (χ4n) is 3.04. The summed E-state index contributed by atoms with van der Waals surface area (Å²) in [4.78, 5) is 36.9. The molecule has 4 aromatic rings. The highest BCUT2D eigenvalue weighted by molar-refractivity contribution is 7.21. The molecular weight excluding hydrogens is 509 g/mol. The van der Waals surface area contributed by atoms with Gasteiger partial charge in [-0.25, -0.2) is 10.2 Å². The van der Waals surface area contributed by atoms with Gasteiger partial charge in [-0.1, -0.05) is 53.5 Å². The smallest absolute Gasteiger partial charge is 0.355 e. The zero-order chi connectivity index (χ0) is 24.8. The molecule has 0 unspecified atom stereocenters. The molecule has 0 radical (unpaired) electrons. The summed E-state index contributed by atoms with van der Waals surface area (Å²) in [5.74, 6) is -1.17. The fraction of sp³-hybridized carbons (Fsp3) is 0.0400. The maximum atomic E-state index is 12.5. The molecule has 2 amide bonds. The molecule has 7 nitrogen and oxygen atoms in total. The Kier molecular flexibility index (Phi) is 7.77. The molecule has 1 heterocycles. The highest BCUT2D eigenvalue weighted by Gasteiger charge is 2.19. The summed E-state index contributed by atoms with van der Waals surface area (Å²) in [5, 5.41) is 7.81. The van der Waals surface area contributed by atoms with Crippen molar-refractivity contribution in [1.82, 2.24) is 10.7 Å². The summed E-state index contributed by atoms with van der Waals surface area (Å²) < 4.78 is 6.34. The van der Waals surface area contributed by atoms with Crippen LogP contribution in [0, 0.1) is 0 Å². The van der Waals surface area contributed by atoms with Crippen LogP contribution in [0.4, 0.5) is 0 Å². The van der Waals surface area contributed by atoms with Crippen LogP contribution in [0.15, 0.2) is 77.9 Å². The zero-order valence-corrected chi connectivity index (χ0v) is 20.3. The van der Waals surface area contributed by atoms with Crippen LogP contribution in [0.3, 0.4) is 0 Å². The number of esters is 1. The molecular formula is C25H17Cl2N3O4S. The third-order valence-corrected chi connectivity index (χ3v) is 6.73. The minimum atomic E-state index is -0.538. The van der Waals surface area contributed by atoms with Gasteiger partial charge in [-0.2, -0.15) is 5.10 Å². The molecule has 10 heteroatoms. The van der Waals surface area contributed by atoms with Crippen molar-refractivity contribution in [2.75, 3.05) is 6.54 Å². The molecule has 0 atom stereocenters. The quantitative estimate of drug-likeness (QED) is 0.148. The summed E-state index contributed by atoms with van der Waals surface area (Å²) in [6.45, 7) is -0.267. The Balaban J connectivity index is 1.27. The van der Waals surface area contributed by atoms with Crippen LogP contribution in [0.25, 0.3) is 10.1 Å². The van der Waals surface area contributed by atoms with Crippen molar-refractivity contribution >= 4 is 68.6 Å². The molecule has 0 saturated heterocycles. The number of carbonyl (C=O) groups excluding carboxylic acids is 3. The second kappa shape index (κ2) is 11.1. The first-order valence-electron chi connectivity index (χ1n) is 10.3. The van der Waals surface area contributed by atoms with Gasteiger partial charge in [0, 0.05) is 10.1 Å². The van der Waals surface area contributed by atoms with Crippen molar-refractivity contribution in [1.29, 1.82) is 0 Å². The largest absolute Gasteiger partial charge is 0.422 e. The fourth-order valence-corrected chi connectivity index (χ4v) is 4.65. The lowest BCUT2D eigenvalue weighted by molar-refractivity contribution is -0.120. The number of carbonyl (C=O) groups is 3. The predicted octanol–water partition coefficient (Wildman–Crippen LogP) is 5.31. The monoisotopic (exact) mass is 525 g/mol. The summed E-state index contributed by atoms with van der Waals surface area (Å²) in [6.07, 6.45) is 1.42. The number of benzene rings is 3. The minimum Gasteiger partial charge on any atom is -0.422 e. The van der Waals surface area contributed by atoms with Crippen LogP contribution in [0.5, 0.6) is 5.75 Å². The van der Waals surface area contributed by atoms with Gasteiger partial charge in [-0.15, -0.1) is 11.3 Å². The van der Waals surface area contributed by atoms with Crippen molar-refractivity contribution in [3.63, 3.8) is 0 Å². The van der Waals surface area contributed by atoms with Crippen LogP contribution in [-0.2, 0) is 4.79 Å². The van der Waals surface area contributed by atoms with E-state index in [1.165, 1.54) is 17.6 Å². The molecule has 0 aliphatic carbocycles. The van der Waals surface area contributed by atoms with Gasteiger partial charge in [0.25, 0.3) is 11.8 Å². The van der Waals surface area contributed by atoms with Crippen molar-refractivity contribution in [2.45, 2.75) is 0 Å². The Morgan fingerprint density at radius 2 is 1.66 bits per heavy atom. The molecule has 1 aromatic heterocycles. The van der Waals surface area contributed by atoms with Crippen LogP contribution < -0.4 is 15.5 Å². The molecule has 0 aliphatic rings. The molecule has 35 heavy (non-hydrogen) atoms. The average molecular weight is 526 g/mol. The van der Waals surface area contributed by atoms with E-state index in [1.54, 1.807) is 48.5 Å². The SMILES string of the molecule is O=C(CNC(=O)c1ccccc1Cl)N/N=C/c1ccc(OC(=O)c2sc3ccccc3c2Cl)cc1. The molecule has 0 saturated carbocycles. The van der Waals surface area contributed by atoms with Crippen LogP contribution >= 0.6 is 34.5 Å². The average Bonchev–Trinajstić information content (AvgIpc) is 3.20. The summed E-state index contributed by atoms with van der Waals surface area (Å²) in [5.41, 5.74) is 3.26. The van der Waals surface area contributed by atoms with Crippen molar-refractivity contribution in [3.8, 4) is 5.75 Å².